The number of fused-ring (bicyclic) bond motifs is 1. The normalized spacial score (nSPS) is 14.2. The zero-order valence-corrected chi connectivity index (χ0v) is 12.9. The molecule has 0 fully saturated rings. The Balaban J connectivity index is 2.01. The Morgan fingerprint density at radius 1 is 1.46 bits per heavy atom. The van der Waals surface area contributed by atoms with Crippen molar-refractivity contribution in [3.8, 4) is 0 Å². The van der Waals surface area contributed by atoms with Crippen LogP contribution in [0, 0.1) is 0 Å². The first-order valence-electron chi connectivity index (χ1n) is 6.38. The highest BCUT2D eigenvalue weighted by molar-refractivity contribution is 7.47. The summed E-state index contributed by atoms with van der Waals surface area (Å²) in [5.74, 6) is -0.814. The van der Waals surface area contributed by atoms with Crippen LogP contribution < -0.4 is 11.3 Å². The first kappa shape index (κ1) is 18.2. The summed E-state index contributed by atoms with van der Waals surface area (Å²) in [7, 11) is -4.61. The number of carbonyl (C=O) groups excluding carboxylic acids is 1. The Kier molecular flexibility index (Phi) is 5.43. The number of ketones is 1. The number of nitrogens with two attached hydrogens (primary N) is 1. The predicted octanol–water partition coefficient (Wildman–Crippen LogP) is -2.28. The predicted molar refractivity (Wildman–Crippen MR) is 77.5 cm³/mol. The molecule has 0 aromatic carbocycles. The van der Waals surface area contributed by atoms with Gasteiger partial charge in [-0.2, -0.15) is 4.98 Å². The van der Waals surface area contributed by atoms with Crippen LogP contribution in [0.4, 0.5) is 5.95 Å². The van der Waals surface area contributed by atoms with Gasteiger partial charge in [-0.05, 0) is 0 Å². The van der Waals surface area contributed by atoms with Crippen molar-refractivity contribution in [2.75, 3.05) is 18.9 Å². The molecule has 2 aromatic rings. The van der Waals surface area contributed by atoms with Gasteiger partial charge >= 0.3 is 7.82 Å². The van der Waals surface area contributed by atoms with E-state index in [1.807, 2.05) is 0 Å². The van der Waals surface area contributed by atoms with Crippen LogP contribution in [0.25, 0.3) is 11.2 Å². The number of hydrogen-bond donors (Lipinski definition) is 5. The van der Waals surface area contributed by atoms with Crippen molar-refractivity contribution in [1.82, 2.24) is 19.5 Å². The summed E-state index contributed by atoms with van der Waals surface area (Å²) in [6.07, 6.45) is -0.779. The minimum atomic E-state index is -4.61. The number of anilines is 1. The van der Waals surface area contributed by atoms with E-state index in [1.165, 1.54) is 10.9 Å². The van der Waals surface area contributed by atoms with Gasteiger partial charge in [0.15, 0.2) is 23.2 Å². The second kappa shape index (κ2) is 7.17. The van der Waals surface area contributed by atoms with Crippen LogP contribution in [0.1, 0.15) is 0 Å². The SMILES string of the molecule is Nc1nc2c(ncn2CC(=O)COP(=O)(O)OCC(O)O)c(=O)[nH]1. The molecule has 132 valence electrons. The zero-order chi connectivity index (χ0) is 17.9. The lowest BCUT2D eigenvalue weighted by atomic mass is 10.4. The maximum absolute atomic E-state index is 11.8. The highest BCUT2D eigenvalue weighted by atomic mass is 31.2. The van der Waals surface area contributed by atoms with Crippen molar-refractivity contribution in [2.24, 2.45) is 0 Å². The zero-order valence-electron chi connectivity index (χ0n) is 12.0. The van der Waals surface area contributed by atoms with E-state index in [4.69, 9.17) is 15.9 Å². The van der Waals surface area contributed by atoms with Gasteiger partial charge in [0, 0.05) is 0 Å². The lowest BCUT2D eigenvalue weighted by molar-refractivity contribution is -0.122. The first-order chi connectivity index (χ1) is 11.2. The molecule has 0 aliphatic heterocycles. The van der Waals surface area contributed by atoms with Gasteiger partial charge in [0.25, 0.3) is 5.56 Å². The van der Waals surface area contributed by atoms with E-state index < -0.39 is 38.7 Å². The van der Waals surface area contributed by atoms with E-state index >= 15 is 0 Å². The topological polar surface area (TPSA) is 203 Å². The molecule has 6 N–H and O–H groups in total. The molecule has 24 heavy (non-hydrogen) atoms. The summed E-state index contributed by atoms with van der Waals surface area (Å²) >= 11 is 0. The Hall–Kier alpha value is -2.15. The smallest absolute Gasteiger partial charge is 0.369 e. The lowest BCUT2D eigenvalue weighted by Crippen LogP contribution is -2.18. The lowest BCUT2D eigenvalue weighted by Gasteiger charge is -2.12. The number of phosphoric acid groups is 1. The second-order valence-electron chi connectivity index (χ2n) is 4.55. The molecule has 1 atom stereocenters. The van der Waals surface area contributed by atoms with Gasteiger partial charge in [-0.25, -0.2) is 9.55 Å². The number of carbonyl (C=O) groups is 1. The maximum atomic E-state index is 11.8. The number of imidazole rings is 1. The van der Waals surface area contributed by atoms with E-state index in [9.17, 15) is 19.0 Å². The Morgan fingerprint density at radius 2 is 2.17 bits per heavy atom. The maximum Gasteiger partial charge on any atom is 0.472 e. The average molecular weight is 363 g/mol. The van der Waals surface area contributed by atoms with E-state index in [1.54, 1.807) is 0 Å². The van der Waals surface area contributed by atoms with E-state index in [0.29, 0.717) is 0 Å². The van der Waals surface area contributed by atoms with Crippen LogP contribution in [-0.2, 0) is 25.0 Å². The molecule has 0 aliphatic carbocycles. The minimum Gasteiger partial charge on any atom is -0.369 e. The number of aliphatic hydroxyl groups is 2. The number of rotatable bonds is 8. The number of H-pyrrole nitrogens is 1. The van der Waals surface area contributed by atoms with Gasteiger partial charge in [-0.15, -0.1) is 0 Å². The van der Waals surface area contributed by atoms with Crippen LogP contribution in [0.3, 0.4) is 0 Å². The van der Waals surface area contributed by atoms with Crippen LogP contribution in [0.2, 0.25) is 0 Å². The number of nitrogens with zero attached hydrogens (tertiary/aromatic N) is 3. The molecule has 2 aromatic heterocycles. The molecule has 0 saturated carbocycles. The van der Waals surface area contributed by atoms with E-state index in [0.717, 1.165) is 0 Å². The minimum absolute atomic E-state index is 0.0222. The third-order valence-corrected chi connectivity index (χ3v) is 3.55. The number of phosphoric ester groups is 1. The Morgan fingerprint density at radius 3 is 2.83 bits per heavy atom. The quantitative estimate of drug-likeness (QED) is 0.249. The molecule has 2 rings (SSSR count). The van der Waals surface area contributed by atoms with Gasteiger partial charge in [0.2, 0.25) is 5.95 Å². The third-order valence-electron chi connectivity index (χ3n) is 2.62. The second-order valence-corrected chi connectivity index (χ2v) is 6.01. The molecule has 0 saturated heterocycles. The van der Waals surface area contributed by atoms with Crippen molar-refractivity contribution < 1.29 is 33.5 Å². The molecular weight excluding hydrogens is 349 g/mol. The van der Waals surface area contributed by atoms with Crippen LogP contribution in [0.5, 0.6) is 0 Å². The van der Waals surface area contributed by atoms with Crippen molar-refractivity contribution in [2.45, 2.75) is 12.8 Å². The standard InChI is InChI=1S/C10H14N5O8P/c11-10-13-8-7(9(19)14-10)12-4-15(8)1-5(16)2-22-24(20,21)23-3-6(17)18/h4,6,17-18H,1-3H2,(H,20,21)(H3,11,13,14,19). The number of hydrogen-bond acceptors (Lipinski definition) is 10. The molecule has 0 amide bonds. The average Bonchev–Trinajstić information content (AvgIpc) is 2.87. The third kappa shape index (κ3) is 4.67. The summed E-state index contributed by atoms with van der Waals surface area (Å²) in [4.78, 5) is 42.5. The van der Waals surface area contributed by atoms with Crippen LogP contribution in [0.15, 0.2) is 11.1 Å². The number of nitrogens with one attached hydrogen (secondary N) is 1. The fraction of sp³-hybridized carbons (Fsp3) is 0.400. The molecule has 2 heterocycles. The van der Waals surface area contributed by atoms with Gasteiger partial charge in [0.1, 0.15) is 13.2 Å². The number of Topliss-reactive ketones (excluding diaryl/α,β-unsaturated/α-hetero) is 1. The summed E-state index contributed by atoms with van der Waals surface area (Å²) < 4.78 is 21.2. The molecule has 0 spiro atoms. The van der Waals surface area contributed by atoms with Crippen molar-refractivity contribution >= 4 is 30.7 Å². The van der Waals surface area contributed by atoms with Crippen molar-refractivity contribution in [3.05, 3.63) is 16.7 Å². The summed E-state index contributed by atoms with van der Waals surface area (Å²) in [5, 5.41) is 17.1. The molecule has 0 radical (unpaired) electrons. The number of aromatic nitrogens is 4. The van der Waals surface area contributed by atoms with Crippen molar-refractivity contribution in [1.29, 1.82) is 0 Å². The van der Waals surface area contributed by atoms with Gasteiger partial charge in [-0.1, -0.05) is 0 Å². The summed E-state index contributed by atoms with van der Waals surface area (Å²) in [5.41, 5.74) is 4.88. The van der Waals surface area contributed by atoms with Gasteiger partial charge in [-0.3, -0.25) is 23.6 Å². The van der Waals surface area contributed by atoms with Crippen LogP contribution in [-0.4, -0.2) is 59.9 Å². The number of aromatic amines is 1. The number of nitrogen functional groups attached to an aromatic ring is 1. The largest absolute Gasteiger partial charge is 0.472 e. The molecular formula is C10H14N5O8P. The van der Waals surface area contributed by atoms with E-state index in [2.05, 4.69) is 24.0 Å². The summed E-state index contributed by atoms with van der Waals surface area (Å²) in [6.45, 7) is -2.01. The van der Waals surface area contributed by atoms with Crippen molar-refractivity contribution in [3.63, 3.8) is 0 Å². The monoisotopic (exact) mass is 363 g/mol. The van der Waals surface area contributed by atoms with E-state index in [-0.39, 0.29) is 23.7 Å². The van der Waals surface area contributed by atoms with Crippen LogP contribution >= 0.6 is 7.82 Å². The first-order valence-corrected chi connectivity index (χ1v) is 7.88. The molecule has 1 unspecified atom stereocenters. The molecule has 14 heteroatoms. The number of aliphatic hydroxyl groups excluding tert-OH is 1. The van der Waals surface area contributed by atoms with Gasteiger partial charge < -0.3 is 25.4 Å². The summed E-state index contributed by atoms with van der Waals surface area (Å²) in [6, 6.07) is 0. The highest BCUT2D eigenvalue weighted by Crippen LogP contribution is 2.42. The highest BCUT2D eigenvalue weighted by Gasteiger charge is 2.24. The Bertz CT molecular complexity index is 845. The fourth-order valence-electron chi connectivity index (χ4n) is 1.67. The fourth-order valence-corrected chi connectivity index (χ4v) is 2.38. The molecule has 0 bridgehead atoms. The van der Waals surface area contributed by atoms with Gasteiger partial charge in [0.05, 0.1) is 12.9 Å². The Labute approximate surface area is 133 Å². The molecule has 0 aliphatic rings. The molecule has 13 nitrogen and oxygen atoms in total.